The molecule has 1 rings (SSSR count). The average molecular weight is 435 g/mol. The minimum absolute atomic E-state index is 0.0475. The Morgan fingerprint density at radius 1 is 1.53 bits per heavy atom. The molecule has 108 valence electrons. The molecule has 0 aliphatic carbocycles. The molecular formula is C10H13Br2NO4S2. The molecule has 0 amide bonds. The van der Waals surface area contributed by atoms with Gasteiger partial charge >= 0.3 is 5.97 Å². The van der Waals surface area contributed by atoms with Gasteiger partial charge in [0.1, 0.15) is 4.90 Å². The summed E-state index contributed by atoms with van der Waals surface area (Å²) in [4.78, 5) is 11.0. The van der Waals surface area contributed by atoms with E-state index in [2.05, 4.69) is 31.9 Å². The Kier molecular flexibility index (Phi) is 5.99. The highest BCUT2D eigenvalue weighted by atomic mass is 79.9. The molecule has 0 saturated heterocycles. The highest BCUT2D eigenvalue weighted by Gasteiger charge is 2.29. The lowest BCUT2D eigenvalue weighted by Crippen LogP contribution is -2.36. The Hall–Kier alpha value is 0.0400. The number of hydrogen-bond acceptors (Lipinski definition) is 4. The number of halogens is 2. The molecule has 1 heterocycles. The predicted octanol–water partition coefficient (Wildman–Crippen LogP) is 3.00. The number of rotatable bonds is 6. The summed E-state index contributed by atoms with van der Waals surface area (Å²) in [6.07, 6.45) is 0. The first-order chi connectivity index (χ1) is 8.70. The topological polar surface area (TPSA) is 74.7 Å². The van der Waals surface area contributed by atoms with Crippen LogP contribution in [-0.2, 0) is 14.8 Å². The minimum atomic E-state index is -3.69. The molecule has 1 N–H and O–H groups in total. The fraction of sp³-hybridized carbons (Fsp3) is 0.500. The van der Waals surface area contributed by atoms with E-state index in [0.717, 1.165) is 0 Å². The maximum Gasteiger partial charge on any atom is 0.307 e. The molecule has 1 aromatic rings. The van der Waals surface area contributed by atoms with Crippen LogP contribution in [0.25, 0.3) is 0 Å². The number of thiophene rings is 1. The fourth-order valence-electron chi connectivity index (χ4n) is 1.42. The smallest absolute Gasteiger partial charge is 0.307 e. The van der Waals surface area contributed by atoms with Crippen LogP contribution in [0.15, 0.2) is 18.5 Å². The monoisotopic (exact) mass is 433 g/mol. The SMILES string of the molecule is CCN(CC(C)C(=O)O)S(=O)(=O)c1cc(Br)sc1Br. The third-order valence-electron chi connectivity index (χ3n) is 2.50. The molecule has 0 spiro atoms. The number of sulfonamides is 1. The van der Waals surface area contributed by atoms with Crippen LogP contribution in [0.3, 0.4) is 0 Å². The Morgan fingerprint density at radius 3 is 2.47 bits per heavy atom. The van der Waals surface area contributed by atoms with Crippen LogP contribution in [0.2, 0.25) is 0 Å². The number of carboxylic acid groups (broad SMARTS) is 1. The number of carbonyl (C=O) groups is 1. The van der Waals surface area contributed by atoms with Crippen LogP contribution >= 0.6 is 43.2 Å². The van der Waals surface area contributed by atoms with Crippen molar-refractivity contribution < 1.29 is 18.3 Å². The lowest BCUT2D eigenvalue weighted by molar-refractivity contribution is -0.141. The molecule has 0 bridgehead atoms. The van der Waals surface area contributed by atoms with E-state index in [1.54, 1.807) is 6.92 Å². The van der Waals surface area contributed by atoms with Gasteiger partial charge in [0.05, 0.1) is 13.5 Å². The third kappa shape index (κ3) is 4.01. The van der Waals surface area contributed by atoms with E-state index in [1.807, 2.05) is 0 Å². The van der Waals surface area contributed by atoms with Crippen molar-refractivity contribution in [3.8, 4) is 0 Å². The second-order valence-corrected chi connectivity index (χ2v) is 9.54. The number of nitrogens with zero attached hydrogens (tertiary/aromatic N) is 1. The van der Waals surface area contributed by atoms with E-state index in [0.29, 0.717) is 7.57 Å². The first-order valence-electron chi connectivity index (χ1n) is 5.38. The van der Waals surface area contributed by atoms with Crippen molar-refractivity contribution in [2.75, 3.05) is 13.1 Å². The number of aliphatic carboxylic acids is 1. The Morgan fingerprint density at radius 2 is 2.11 bits per heavy atom. The van der Waals surface area contributed by atoms with Gasteiger partial charge in [-0.05, 0) is 37.9 Å². The standard InChI is InChI=1S/C10H13Br2NO4S2/c1-3-13(5-6(2)10(14)15)19(16,17)7-4-8(11)18-9(7)12/h4,6H,3,5H2,1-2H3,(H,14,15). The van der Waals surface area contributed by atoms with Gasteiger partial charge in [-0.2, -0.15) is 4.31 Å². The van der Waals surface area contributed by atoms with Gasteiger partial charge in [0.15, 0.2) is 0 Å². The summed E-state index contributed by atoms with van der Waals surface area (Å²) < 4.78 is 27.3. The van der Waals surface area contributed by atoms with E-state index in [-0.39, 0.29) is 18.0 Å². The highest BCUT2D eigenvalue weighted by molar-refractivity contribution is 9.12. The minimum Gasteiger partial charge on any atom is -0.481 e. The zero-order chi connectivity index (χ0) is 14.8. The van der Waals surface area contributed by atoms with Crippen LogP contribution in [0.4, 0.5) is 0 Å². The van der Waals surface area contributed by atoms with Gasteiger partial charge in [-0.15, -0.1) is 11.3 Å². The molecule has 5 nitrogen and oxygen atoms in total. The second kappa shape index (κ2) is 6.66. The van der Waals surface area contributed by atoms with Gasteiger partial charge < -0.3 is 5.11 Å². The van der Waals surface area contributed by atoms with Crippen LogP contribution in [0.5, 0.6) is 0 Å². The van der Waals surface area contributed by atoms with Gasteiger partial charge in [-0.3, -0.25) is 4.79 Å². The molecule has 0 aromatic carbocycles. The molecule has 0 aliphatic heterocycles. The molecular weight excluding hydrogens is 422 g/mol. The fourth-order valence-corrected chi connectivity index (χ4v) is 6.72. The van der Waals surface area contributed by atoms with Crippen LogP contribution in [-0.4, -0.2) is 36.9 Å². The lowest BCUT2D eigenvalue weighted by Gasteiger charge is -2.21. The largest absolute Gasteiger partial charge is 0.481 e. The molecule has 1 aromatic heterocycles. The van der Waals surface area contributed by atoms with E-state index < -0.39 is 21.9 Å². The van der Waals surface area contributed by atoms with E-state index in [9.17, 15) is 13.2 Å². The summed E-state index contributed by atoms with van der Waals surface area (Å²) in [5.41, 5.74) is 0. The molecule has 0 fully saturated rings. The zero-order valence-electron chi connectivity index (χ0n) is 10.3. The molecule has 0 radical (unpaired) electrons. The third-order valence-corrected chi connectivity index (χ3v) is 7.19. The molecule has 1 unspecified atom stereocenters. The summed E-state index contributed by atoms with van der Waals surface area (Å²) >= 11 is 7.70. The predicted molar refractivity (Wildman–Crippen MR) is 81.0 cm³/mol. The Labute approximate surface area is 132 Å². The number of hydrogen-bond donors (Lipinski definition) is 1. The van der Waals surface area contributed by atoms with E-state index >= 15 is 0 Å². The summed E-state index contributed by atoms with van der Waals surface area (Å²) in [7, 11) is -3.69. The van der Waals surface area contributed by atoms with Crippen molar-refractivity contribution in [2.24, 2.45) is 5.92 Å². The van der Waals surface area contributed by atoms with Crippen LogP contribution in [0.1, 0.15) is 13.8 Å². The van der Waals surface area contributed by atoms with Gasteiger partial charge in [0.2, 0.25) is 10.0 Å². The van der Waals surface area contributed by atoms with Gasteiger partial charge in [0.25, 0.3) is 0 Å². The maximum absolute atomic E-state index is 12.4. The molecule has 19 heavy (non-hydrogen) atoms. The quantitative estimate of drug-likeness (QED) is 0.746. The molecule has 0 saturated carbocycles. The van der Waals surface area contributed by atoms with Gasteiger partial charge in [-0.25, -0.2) is 8.42 Å². The molecule has 1 atom stereocenters. The lowest BCUT2D eigenvalue weighted by atomic mass is 10.2. The van der Waals surface area contributed by atoms with Gasteiger partial charge in [0, 0.05) is 13.1 Å². The van der Waals surface area contributed by atoms with E-state index in [1.165, 1.54) is 28.6 Å². The van der Waals surface area contributed by atoms with Crippen molar-refractivity contribution in [1.29, 1.82) is 0 Å². The van der Waals surface area contributed by atoms with Crippen LogP contribution in [0, 0.1) is 5.92 Å². The average Bonchev–Trinajstić information content (AvgIpc) is 2.65. The summed E-state index contributed by atoms with van der Waals surface area (Å²) in [6.45, 7) is 3.34. The Balaban J connectivity index is 3.09. The first kappa shape index (κ1) is 17.1. The zero-order valence-corrected chi connectivity index (χ0v) is 15.1. The molecule has 0 aliphatic rings. The summed E-state index contributed by atoms with van der Waals surface area (Å²) in [6, 6.07) is 1.51. The normalized spacial score (nSPS) is 13.7. The second-order valence-electron chi connectivity index (χ2n) is 3.88. The van der Waals surface area contributed by atoms with Crippen molar-refractivity contribution in [3.63, 3.8) is 0 Å². The Bertz CT molecular complexity index is 570. The summed E-state index contributed by atoms with van der Waals surface area (Å²) in [5, 5.41) is 8.89. The van der Waals surface area contributed by atoms with E-state index in [4.69, 9.17) is 5.11 Å². The van der Waals surface area contributed by atoms with Gasteiger partial charge in [-0.1, -0.05) is 13.8 Å². The van der Waals surface area contributed by atoms with Crippen molar-refractivity contribution >= 4 is 59.2 Å². The van der Waals surface area contributed by atoms with Crippen molar-refractivity contribution in [3.05, 3.63) is 13.6 Å². The molecule has 9 heteroatoms. The maximum atomic E-state index is 12.4. The highest BCUT2D eigenvalue weighted by Crippen LogP contribution is 2.36. The number of carboxylic acids is 1. The summed E-state index contributed by atoms with van der Waals surface area (Å²) in [5.74, 6) is -1.77. The van der Waals surface area contributed by atoms with Crippen molar-refractivity contribution in [2.45, 2.75) is 18.7 Å². The first-order valence-corrected chi connectivity index (χ1v) is 9.22. The van der Waals surface area contributed by atoms with Crippen molar-refractivity contribution in [1.82, 2.24) is 4.31 Å². The van der Waals surface area contributed by atoms with Crippen LogP contribution < -0.4 is 0 Å².